The lowest BCUT2D eigenvalue weighted by Crippen LogP contribution is -2.40. The number of hydrogen-bond acceptors (Lipinski definition) is 2. The molecule has 11 heavy (non-hydrogen) atoms. The molecule has 1 N–H and O–H groups in total. The zero-order valence-electron chi connectivity index (χ0n) is 6.92. The van der Waals surface area contributed by atoms with Crippen molar-refractivity contribution in [3.05, 3.63) is 0 Å². The minimum atomic E-state index is -0.709. The minimum Gasteiger partial charge on any atom is -0.480 e. The molecule has 0 radical (unpaired) electrons. The van der Waals surface area contributed by atoms with Gasteiger partial charge in [-0.1, -0.05) is 6.42 Å². The molecule has 3 nitrogen and oxygen atoms in total. The monoisotopic (exact) mass is 157 g/mol. The Hall–Kier alpha value is -0.570. The van der Waals surface area contributed by atoms with Crippen LogP contribution in [0, 0.1) is 0 Å². The first-order valence-electron chi connectivity index (χ1n) is 4.16. The largest absolute Gasteiger partial charge is 0.480 e. The minimum absolute atomic E-state index is 0.209. The average Bonchev–Trinajstić information content (AvgIpc) is 1.93. The molecule has 0 saturated carbocycles. The number of likely N-dealkylation sites (tertiary alicyclic amines) is 1. The molecule has 1 fully saturated rings. The van der Waals surface area contributed by atoms with E-state index in [-0.39, 0.29) is 6.54 Å². The molecule has 0 bridgehead atoms. The maximum absolute atomic E-state index is 10.4. The molecule has 1 rings (SSSR count). The van der Waals surface area contributed by atoms with Gasteiger partial charge in [-0.15, -0.1) is 0 Å². The Morgan fingerprint density at radius 3 is 2.91 bits per heavy atom. The quantitative estimate of drug-likeness (QED) is 0.648. The number of carboxylic acid groups (broad SMARTS) is 1. The fourth-order valence-corrected chi connectivity index (χ4v) is 1.57. The van der Waals surface area contributed by atoms with E-state index in [1.807, 2.05) is 4.90 Å². The highest BCUT2D eigenvalue weighted by atomic mass is 16.4. The molecule has 1 saturated heterocycles. The molecule has 1 unspecified atom stereocenters. The third-order valence-electron chi connectivity index (χ3n) is 2.28. The number of piperidine rings is 1. The van der Waals surface area contributed by atoms with E-state index >= 15 is 0 Å². The van der Waals surface area contributed by atoms with Gasteiger partial charge in [-0.3, -0.25) is 9.69 Å². The van der Waals surface area contributed by atoms with Crippen molar-refractivity contribution in [2.45, 2.75) is 32.2 Å². The van der Waals surface area contributed by atoms with Crippen LogP contribution in [0.3, 0.4) is 0 Å². The number of carbonyl (C=O) groups is 1. The number of hydrogen-bond donors (Lipinski definition) is 1. The van der Waals surface area contributed by atoms with E-state index in [0.717, 1.165) is 19.4 Å². The summed E-state index contributed by atoms with van der Waals surface area (Å²) in [6, 6.07) is 0.458. The summed E-state index contributed by atoms with van der Waals surface area (Å²) in [6.07, 6.45) is 3.54. The highest BCUT2D eigenvalue weighted by Gasteiger charge is 2.19. The van der Waals surface area contributed by atoms with Gasteiger partial charge in [0, 0.05) is 6.04 Å². The van der Waals surface area contributed by atoms with Crippen molar-refractivity contribution in [2.75, 3.05) is 13.1 Å². The highest BCUT2D eigenvalue weighted by molar-refractivity contribution is 5.69. The van der Waals surface area contributed by atoms with Gasteiger partial charge in [0.05, 0.1) is 6.54 Å². The van der Waals surface area contributed by atoms with Crippen LogP contribution in [0.25, 0.3) is 0 Å². The molecule has 1 aliphatic heterocycles. The van der Waals surface area contributed by atoms with E-state index in [1.165, 1.54) is 6.42 Å². The summed E-state index contributed by atoms with van der Waals surface area (Å²) in [5.41, 5.74) is 0. The van der Waals surface area contributed by atoms with Gasteiger partial charge in [0.2, 0.25) is 0 Å². The summed E-state index contributed by atoms with van der Waals surface area (Å²) >= 11 is 0. The van der Waals surface area contributed by atoms with Crippen molar-refractivity contribution in [1.82, 2.24) is 4.90 Å². The van der Waals surface area contributed by atoms with Crippen molar-refractivity contribution < 1.29 is 9.90 Å². The fraction of sp³-hybridized carbons (Fsp3) is 0.875. The van der Waals surface area contributed by atoms with Crippen molar-refractivity contribution in [3.63, 3.8) is 0 Å². The number of carboxylic acids is 1. The average molecular weight is 157 g/mol. The van der Waals surface area contributed by atoms with E-state index in [9.17, 15) is 4.79 Å². The second kappa shape index (κ2) is 3.72. The number of aliphatic carboxylic acids is 1. The third kappa shape index (κ3) is 2.50. The number of nitrogens with zero attached hydrogens (tertiary/aromatic N) is 1. The molecule has 0 spiro atoms. The standard InChI is InChI=1S/C8H15NO2/c1-7-4-2-3-5-9(7)6-8(10)11/h7H,2-6H2,1H3,(H,10,11). The molecular weight excluding hydrogens is 142 g/mol. The molecule has 3 heteroatoms. The van der Waals surface area contributed by atoms with E-state index in [4.69, 9.17) is 5.11 Å². The van der Waals surface area contributed by atoms with Crippen molar-refractivity contribution in [3.8, 4) is 0 Å². The van der Waals surface area contributed by atoms with Crippen molar-refractivity contribution in [1.29, 1.82) is 0 Å². The lowest BCUT2D eigenvalue weighted by Gasteiger charge is -2.31. The summed E-state index contributed by atoms with van der Waals surface area (Å²) < 4.78 is 0. The van der Waals surface area contributed by atoms with Gasteiger partial charge in [0.1, 0.15) is 0 Å². The van der Waals surface area contributed by atoms with Crippen LogP contribution >= 0.6 is 0 Å². The smallest absolute Gasteiger partial charge is 0.317 e. The summed E-state index contributed by atoms with van der Waals surface area (Å²) in [5, 5.41) is 8.54. The van der Waals surface area contributed by atoms with Gasteiger partial charge in [-0.05, 0) is 26.3 Å². The summed E-state index contributed by atoms with van der Waals surface area (Å²) in [7, 11) is 0. The predicted molar refractivity (Wildman–Crippen MR) is 42.5 cm³/mol. The van der Waals surface area contributed by atoms with Crippen LogP contribution in [0.4, 0.5) is 0 Å². The lowest BCUT2D eigenvalue weighted by molar-refractivity contribution is -0.139. The fourth-order valence-electron chi connectivity index (χ4n) is 1.57. The molecule has 1 heterocycles. The molecule has 1 aliphatic rings. The zero-order chi connectivity index (χ0) is 8.27. The van der Waals surface area contributed by atoms with Gasteiger partial charge in [-0.2, -0.15) is 0 Å². The Kier molecular flexibility index (Phi) is 2.88. The molecule has 0 aliphatic carbocycles. The third-order valence-corrected chi connectivity index (χ3v) is 2.28. The van der Waals surface area contributed by atoms with E-state index in [0.29, 0.717) is 6.04 Å². The van der Waals surface area contributed by atoms with Crippen LogP contribution in [-0.2, 0) is 4.79 Å². The SMILES string of the molecule is CC1CCCCN1CC(=O)O. The molecule has 0 aromatic carbocycles. The summed E-state index contributed by atoms with van der Waals surface area (Å²) in [6.45, 7) is 3.26. The van der Waals surface area contributed by atoms with E-state index in [1.54, 1.807) is 0 Å². The molecule has 0 aromatic heterocycles. The van der Waals surface area contributed by atoms with Gasteiger partial charge in [0.15, 0.2) is 0 Å². The van der Waals surface area contributed by atoms with Crippen LogP contribution < -0.4 is 0 Å². The first kappa shape index (κ1) is 8.53. The Bertz CT molecular complexity index is 147. The van der Waals surface area contributed by atoms with Crippen LogP contribution in [-0.4, -0.2) is 35.1 Å². The molecule has 1 atom stereocenters. The first-order valence-corrected chi connectivity index (χ1v) is 4.16. The van der Waals surface area contributed by atoms with E-state index in [2.05, 4.69) is 6.92 Å². The van der Waals surface area contributed by atoms with Crippen LogP contribution in [0.2, 0.25) is 0 Å². The summed E-state index contributed by atoms with van der Waals surface area (Å²) in [4.78, 5) is 12.4. The normalized spacial score (nSPS) is 26.8. The van der Waals surface area contributed by atoms with Gasteiger partial charge >= 0.3 is 5.97 Å². The Morgan fingerprint density at radius 1 is 1.64 bits per heavy atom. The second-order valence-electron chi connectivity index (χ2n) is 3.21. The Morgan fingerprint density at radius 2 is 2.36 bits per heavy atom. The Balaban J connectivity index is 2.35. The van der Waals surface area contributed by atoms with Crippen LogP contribution in [0.5, 0.6) is 0 Å². The topological polar surface area (TPSA) is 40.5 Å². The maximum atomic E-state index is 10.4. The molecule has 0 aromatic rings. The summed E-state index contributed by atoms with van der Waals surface area (Å²) in [5.74, 6) is -0.709. The van der Waals surface area contributed by atoms with Crippen LogP contribution in [0.1, 0.15) is 26.2 Å². The van der Waals surface area contributed by atoms with Crippen molar-refractivity contribution >= 4 is 5.97 Å². The van der Waals surface area contributed by atoms with Gasteiger partial charge in [0.25, 0.3) is 0 Å². The first-order chi connectivity index (χ1) is 5.20. The molecular formula is C8H15NO2. The molecule has 0 amide bonds. The number of rotatable bonds is 2. The zero-order valence-corrected chi connectivity index (χ0v) is 6.92. The van der Waals surface area contributed by atoms with Crippen molar-refractivity contribution in [2.24, 2.45) is 0 Å². The van der Waals surface area contributed by atoms with Gasteiger partial charge in [-0.25, -0.2) is 0 Å². The van der Waals surface area contributed by atoms with Crippen LogP contribution in [0.15, 0.2) is 0 Å². The molecule has 64 valence electrons. The second-order valence-corrected chi connectivity index (χ2v) is 3.21. The highest BCUT2D eigenvalue weighted by Crippen LogP contribution is 2.15. The van der Waals surface area contributed by atoms with Gasteiger partial charge < -0.3 is 5.11 Å². The Labute approximate surface area is 67.0 Å². The lowest BCUT2D eigenvalue weighted by atomic mass is 10.0. The van der Waals surface area contributed by atoms with E-state index < -0.39 is 5.97 Å². The predicted octanol–water partition coefficient (Wildman–Crippen LogP) is 0.945. The maximum Gasteiger partial charge on any atom is 0.317 e.